The Bertz CT molecular complexity index is 757. The Kier molecular flexibility index (Phi) is 5.84. The van der Waals surface area contributed by atoms with Gasteiger partial charge >= 0.3 is 12.2 Å². The topological polar surface area (TPSA) is 122 Å². The van der Waals surface area contributed by atoms with Crippen molar-refractivity contribution in [2.45, 2.75) is 26.4 Å². The van der Waals surface area contributed by atoms with Gasteiger partial charge in [0.15, 0.2) is 11.5 Å². The first-order chi connectivity index (χ1) is 12.5. The number of carbonyl (C=O) groups excluding carboxylic acids is 1. The molecule has 27 heavy (non-hydrogen) atoms. The first-order valence-corrected chi connectivity index (χ1v) is 8.08. The van der Waals surface area contributed by atoms with Gasteiger partial charge in [0, 0.05) is 24.8 Å². The summed E-state index contributed by atoms with van der Waals surface area (Å²) in [5.41, 5.74) is -2.73. The molecule has 0 atom stereocenters. The minimum atomic E-state index is -1.90. The second-order valence-electron chi connectivity index (χ2n) is 6.75. The van der Waals surface area contributed by atoms with Crippen LogP contribution in [0.3, 0.4) is 0 Å². The van der Waals surface area contributed by atoms with E-state index >= 15 is 0 Å². The SMILES string of the molecule is CC(C)(C)OC(=O)N(C(=O)O)c1c(F)cc(N2CCOCC2)cc1[N+](=O)[O-]. The normalized spacial score (nSPS) is 14.6. The second kappa shape index (κ2) is 7.74. The third kappa shape index (κ3) is 4.82. The Labute approximate surface area is 154 Å². The molecule has 148 valence electrons. The molecule has 11 heteroatoms. The van der Waals surface area contributed by atoms with Gasteiger partial charge in [-0.15, -0.1) is 0 Å². The molecule has 10 nitrogen and oxygen atoms in total. The molecule has 0 spiro atoms. The number of benzene rings is 1. The van der Waals surface area contributed by atoms with Crippen LogP contribution >= 0.6 is 0 Å². The van der Waals surface area contributed by atoms with E-state index in [1.807, 2.05) is 0 Å². The van der Waals surface area contributed by atoms with Crippen molar-refractivity contribution >= 4 is 29.2 Å². The molecule has 2 amide bonds. The number of hydrogen-bond acceptors (Lipinski definition) is 7. The molecule has 1 aliphatic rings. The van der Waals surface area contributed by atoms with Gasteiger partial charge in [0.25, 0.3) is 5.69 Å². The van der Waals surface area contributed by atoms with E-state index in [0.29, 0.717) is 26.3 Å². The van der Waals surface area contributed by atoms with E-state index in [-0.39, 0.29) is 10.6 Å². The molecule has 0 radical (unpaired) electrons. The van der Waals surface area contributed by atoms with E-state index in [1.165, 1.54) is 20.8 Å². The Hall–Kier alpha value is -2.95. The number of anilines is 2. The Balaban J connectivity index is 2.53. The Morgan fingerprint density at radius 3 is 2.41 bits per heavy atom. The summed E-state index contributed by atoms with van der Waals surface area (Å²) in [7, 11) is 0. The van der Waals surface area contributed by atoms with Gasteiger partial charge in [-0.1, -0.05) is 0 Å². The molecule has 1 saturated heterocycles. The van der Waals surface area contributed by atoms with Gasteiger partial charge in [-0.25, -0.2) is 14.0 Å². The molecule has 2 rings (SSSR count). The summed E-state index contributed by atoms with van der Waals surface area (Å²) in [5.74, 6) is -1.22. The number of carboxylic acid groups (broad SMARTS) is 1. The monoisotopic (exact) mass is 385 g/mol. The first kappa shape index (κ1) is 20.4. The van der Waals surface area contributed by atoms with Crippen LogP contribution in [-0.4, -0.2) is 54.1 Å². The predicted octanol–water partition coefficient (Wildman–Crippen LogP) is 2.99. The quantitative estimate of drug-likeness (QED) is 0.622. The lowest BCUT2D eigenvalue weighted by molar-refractivity contribution is -0.384. The fourth-order valence-corrected chi connectivity index (χ4v) is 2.51. The predicted molar refractivity (Wildman–Crippen MR) is 92.8 cm³/mol. The van der Waals surface area contributed by atoms with Crippen LogP contribution in [0.5, 0.6) is 0 Å². The lowest BCUT2D eigenvalue weighted by Gasteiger charge is -2.29. The van der Waals surface area contributed by atoms with Crippen molar-refractivity contribution in [2.75, 3.05) is 36.1 Å². The highest BCUT2D eigenvalue weighted by atomic mass is 19.1. The van der Waals surface area contributed by atoms with E-state index in [9.17, 15) is 29.2 Å². The van der Waals surface area contributed by atoms with Crippen molar-refractivity contribution in [3.63, 3.8) is 0 Å². The second-order valence-corrected chi connectivity index (χ2v) is 6.75. The number of imide groups is 1. The van der Waals surface area contributed by atoms with Crippen molar-refractivity contribution in [2.24, 2.45) is 0 Å². The van der Waals surface area contributed by atoms with Crippen molar-refractivity contribution in [1.82, 2.24) is 0 Å². The molecule has 0 aliphatic carbocycles. The van der Waals surface area contributed by atoms with Gasteiger partial charge in [0.1, 0.15) is 5.60 Å². The third-order valence-corrected chi connectivity index (χ3v) is 3.59. The Morgan fingerprint density at radius 1 is 1.33 bits per heavy atom. The maximum absolute atomic E-state index is 14.8. The van der Waals surface area contributed by atoms with Gasteiger partial charge in [0.2, 0.25) is 0 Å². The highest BCUT2D eigenvalue weighted by Crippen LogP contribution is 2.36. The van der Waals surface area contributed by atoms with E-state index in [2.05, 4.69) is 0 Å². The maximum atomic E-state index is 14.8. The molecule has 1 heterocycles. The molecule has 1 aromatic carbocycles. The van der Waals surface area contributed by atoms with Crippen molar-refractivity contribution < 1.29 is 33.5 Å². The number of nitro groups is 1. The smallest absolute Gasteiger partial charge is 0.424 e. The van der Waals surface area contributed by atoms with Crippen LogP contribution in [0.2, 0.25) is 0 Å². The maximum Gasteiger partial charge on any atom is 0.424 e. The average molecular weight is 385 g/mol. The van der Waals surface area contributed by atoms with Gasteiger partial charge in [-0.3, -0.25) is 10.1 Å². The number of nitrogens with zero attached hydrogens (tertiary/aromatic N) is 3. The van der Waals surface area contributed by atoms with Crippen molar-refractivity contribution in [3.05, 3.63) is 28.1 Å². The van der Waals surface area contributed by atoms with Crippen LogP contribution in [0.15, 0.2) is 12.1 Å². The molecule has 0 unspecified atom stereocenters. The molecule has 1 aliphatic heterocycles. The minimum absolute atomic E-state index is 0.0954. The summed E-state index contributed by atoms with van der Waals surface area (Å²) in [6.45, 7) is 5.98. The zero-order valence-corrected chi connectivity index (χ0v) is 15.1. The van der Waals surface area contributed by atoms with E-state index in [4.69, 9.17) is 9.47 Å². The first-order valence-electron chi connectivity index (χ1n) is 8.08. The molecule has 1 aromatic rings. The molecule has 1 fully saturated rings. The standard InChI is InChI=1S/C16H20FN3O7/c1-16(2,3)27-15(23)19(14(21)22)13-11(17)8-10(9-12(13)20(24)25)18-4-6-26-7-5-18/h8-9H,4-7H2,1-3H3,(H,21,22). The molecule has 1 N–H and O–H groups in total. The fourth-order valence-electron chi connectivity index (χ4n) is 2.51. The number of hydrogen-bond donors (Lipinski definition) is 1. The number of nitro benzene ring substituents is 1. The number of carbonyl (C=O) groups is 2. The lowest BCUT2D eigenvalue weighted by Crippen LogP contribution is -2.41. The van der Waals surface area contributed by atoms with Crippen LogP contribution in [0.1, 0.15) is 20.8 Å². The number of rotatable bonds is 3. The molecule has 0 aromatic heterocycles. The fraction of sp³-hybridized carbons (Fsp3) is 0.500. The van der Waals surface area contributed by atoms with E-state index in [1.54, 1.807) is 4.90 Å². The summed E-state index contributed by atoms with van der Waals surface area (Å²) in [4.78, 5) is 35.9. The largest absolute Gasteiger partial charge is 0.464 e. The zero-order chi connectivity index (χ0) is 20.4. The van der Waals surface area contributed by atoms with Crippen molar-refractivity contribution in [3.8, 4) is 0 Å². The number of ether oxygens (including phenoxy) is 2. The molecular formula is C16H20FN3O7. The van der Waals surface area contributed by atoms with Gasteiger partial charge in [0.05, 0.1) is 18.1 Å². The molecule has 0 bridgehead atoms. The Morgan fingerprint density at radius 2 is 1.93 bits per heavy atom. The summed E-state index contributed by atoms with van der Waals surface area (Å²) < 4.78 is 24.9. The highest BCUT2D eigenvalue weighted by Gasteiger charge is 2.37. The highest BCUT2D eigenvalue weighted by molar-refractivity contribution is 6.10. The minimum Gasteiger partial charge on any atom is -0.464 e. The van der Waals surface area contributed by atoms with Crippen LogP contribution in [0, 0.1) is 15.9 Å². The summed E-state index contributed by atoms with van der Waals surface area (Å²) in [5, 5.41) is 20.8. The van der Waals surface area contributed by atoms with Crippen molar-refractivity contribution in [1.29, 1.82) is 0 Å². The van der Waals surface area contributed by atoms with E-state index < -0.39 is 39.9 Å². The number of halogens is 1. The third-order valence-electron chi connectivity index (χ3n) is 3.59. The average Bonchev–Trinajstić information content (AvgIpc) is 2.54. The van der Waals surface area contributed by atoms with Crippen LogP contribution in [0.25, 0.3) is 0 Å². The lowest BCUT2D eigenvalue weighted by atomic mass is 10.2. The summed E-state index contributed by atoms with van der Waals surface area (Å²) in [6, 6.07) is 1.98. The molecule has 0 saturated carbocycles. The van der Waals surface area contributed by atoms with E-state index in [0.717, 1.165) is 12.1 Å². The molecular weight excluding hydrogens is 365 g/mol. The van der Waals surface area contributed by atoms with Gasteiger partial charge in [-0.05, 0) is 26.8 Å². The number of morpholine rings is 1. The summed E-state index contributed by atoms with van der Waals surface area (Å²) >= 11 is 0. The summed E-state index contributed by atoms with van der Waals surface area (Å²) in [6.07, 6.45) is -3.33. The zero-order valence-electron chi connectivity index (χ0n) is 15.1. The van der Waals surface area contributed by atoms with Crippen LogP contribution in [-0.2, 0) is 9.47 Å². The van der Waals surface area contributed by atoms with Crippen LogP contribution < -0.4 is 9.80 Å². The van der Waals surface area contributed by atoms with Gasteiger partial charge in [-0.2, -0.15) is 4.90 Å². The number of amides is 2. The van der Waals surface area contributed by atoms with Gasteiger partial charge < -0.3 is 19.5 Å². The van der Waals surface area contributed by atoms with Crippen LogP contribution in [0.4, 0.5) is 31.0 Å².